The van der Waals surface area contributed by atoms with Gasteiger partial charge in [0.2, 0.25) is 0 Å². The topological polar surface area (TPSA) is 89.9 Å². The first-order chi connectivity index (χ1) is 16.8. The van der Waals surface area contributed by atoms with E-state index in [1.165, 1.54) is 25.7 Å². The molecule has 1 fully saturated rings. The fraction of sp³-hybridized carbons (Fsp3) is 0.370. The Hall–Kier alpha value is -3.29. The zero-order valence-corrected chi connectivity index (χ0v) is 19.3. The predicted molar refractivity (Wildman–Crippen MR) is 136 cm³/mol. The number of hydrogen-bond donors (Lipinski definition) is 4. The molecule has 2 aromatic carbocycles. The standard InChI is InChI=1S/C27H32N6O/c34-27(24-17-28-23(16-29-24)19-10-4-1-2-5-11-19)33-32-25-18-30-26(20-12-6-3-7-13-20)21-14-8-9-15-22(21)31-25/h3-4,6-10,12-15,19,23-24,28-29H,1-2,5,11,16-18H2,(H,31,32)(H,33,34). The summed E-state index contributed by atoms with van der Waals surface area (Å²) in [6.07, 6.45) is 9.58. The number of benzene rings is 2. The van der Waals surface area contributed by atoms with Crippen LogP contribution in [0.2, 0.25) is 0 Å². The smallest absolute Gasteiger partial charge is 0.256 e. The lowest BCUT2D eigenvalue weighted by atomic mass is 9.93. The van der Waals surface area contributed by atoms with Crippen LogP contribution in [-0.2, 0) is 4.79 Å². The summed E-state index contributed by atoms with van der Waals surface area (Å²) >= 11 is 0. The predicted octanol–water partition coefficient (Wildman–Crippen LogP) is 2.86. The number of fused-ring (bicyclic) bond motifs is 1. The number of hydrazine groups is 1. The minimum atomic E-state index is -0.291. The number of carbonyl (C=O) groups excluding carboxylic acids is 1. The molecule has 2 aromatic rings. The van der Waals surface area contributed by atoms with Gasteiger partial charge in [-0.05, 0) is 31.2 Å². The second-order valence-electron chi connectivity index (χ2n) is 9.07. The first-order valence-electron chi connectivity index (χ1n) is 12.2. The first kappa shape index (κ1) is 22.5. The minimum Gasteiger partial charge on any atom is -0.310 e. The number of amides is 1. The van der Waals surface area contributed by atoms with Crippen molar-refractivity contribution in [1.29, 1.82) is 0 Å². The molecule has 0 saturated carbocycles. The molecule has 3 unspecified atom stereocenters. The summed E-state index contributed by atoms with van der Waals surface area (Å²) < 4.78 is 0. The molecule has 7 nitrogen and oxygen atoms in total. The Morgan fingerprint density at radius 3 is 2.68 bits per heavy atom. The lowest BCUT2D eigenvalue weighted by Gasteiger charge is -2.34. The zero-order valence-electron chi connectivity index (χ0n) is 19.3. The first-order valence-corrected chi connectivity index (χ1v) is 12.2. The Morgan fingerprint density at radius 2 is 1.82 bits per heavy atom. The number of piperazine rings is 1. The van der Waals surface area contributed by atoms with E-state index in [0.717, 1.165) is 29.1 Å². The highest BCUT2D eigenvalue weighted by atomic mass is 16.2. The number of nitrogens with zero attached hydrogens (tertiary/aromatic N) is 2. The van der Waals surface area contributed by atoms with Gasteiger partial charge < -0.3 is 10.6 Å². The Kier molecular flexibility index (Phi) is 7.12. The van der Waals surface area contributed by atoms with Crippen molar-refractivity contribution in [2.75, 3.05) is 19.6 Å². The van der Waals surface area contributed by atoms with Crippen molar-refractivity contribution in [3.63, 3.8) is 0 Å². The normalized spacial score (nSPS) is 24.6. The van der Waals surface area contributed by atoms with Crippen LogP contribution in [0, 0.1) is 5.92 Å². The number of aliphatic imine (C=N–C) groups is 2. The van der Waals surface area contributed by atoms with Crippen LogP contribution in [-0.4, -0.2) is 49.2 Å². The van der Waals surface area contributed by atoms with Crippen molar-refractivity contribution in [1.82, 2.24) is 21.5 Å². The fourth-order valence-corrected chi connectivity index (χ4v) is 4.84. The van der Waals surface area contributed by atoms with E-state index in [1.54, 1.807) is 0 Å². The van der Waals surface area contributed by atoms with Crippen molar-refractivity contribution >= 4 is 23.1 Å². The van der Waals surface area contributed by atoms with Crippen LogP contribution in [0.4, 0.5) is 5.69 Å². The molecule has 5 rings (SSSR count). The number of amidine groups is 1. The number of allylic oxidation sites excluding steroid dienone is 1. The largest absolute Gasteiger partial charge is 0.310 e. The van der Waals surface area contributed by atoms with Crippen LogP contribution >= 0.6 is 0 Å². The van der Waals surface area contributed by atoms with Gasteiger partial charge in [0.05, 0.1) is 17.9 Å². The Morgan fingerprint density at radius 1 is 0.971 bits per heavy atom. The van der Waals surface area contributed by atoms with Crippen LogP contribution in [0.1, 0.15) is 36.8 Å². The van der Waals surface area contributed by atoms with Gasteiger partial charge in [-0.25, -0.2) is 4.99 Å². The summed E-state index contributed by atoms with van der Waals surface area (Å²) in [4.78, 5) is 22.4. The van der Waals surface area contributed by atoms with Gasteiger partial charge in [-0.2, -0.15) is 0 Å². The number of nitrogens with one attached hydrogen (secondary N) is 4. The Balaban J connectivity index is 1.20. The van der Waals surface area contributed by atoms with Gasteiger partial charge in [-0.3, -0.25) is 20.6 Å². The molecule has 0 radical (unpaired) electrons. The molecule has 1 aliphatic carbocycles. The lowest BCUT2D eigenvalue weighted by Crippen LogP contribution is -2.62. The van der Waals surface area contributed by atoms with Gasteiger partial charge in [0, 0.05) is 30.3 Å². The van der Waals surface area contributed by atoms with Crippen LogP contribution in [0.3, 0.4) is 0 Å². The molecule has 1 saturated heterocycles. The summed E-state index contributed by atoms with van der Waals surface area (Å²) in [5.74, 6) is 1.04. The van der Waals surface area contributed by atoms with Crippen molar-refractivity contribution in [3.8, 4) is 0 Å². The van der Waals surface area contributed by atoms with Gasteiger partial charge >= 0.3 is 0 Å². The molecule has 34 heavy (non-hydrogen) atoms. The molecule has 3 aliphatic rings. The molecule has 3 atom stereocenters. The highest BCUT2D eigenvalue weighted by molar-refractivity contribution is 6.17. The van der Waals surface area contributed by atoms with E-state index in [-0.39, 0.29) is 11.9 Å². The highest BCUT2D eigenvalue weighted by Gasteiger charge is 2.29. The third kappa shape index (κ3) is 5.26. The van der Waals surface area contributed by atoms with Gasteiger partial charge in [0.25, 0.3) is 5.91 Å². The molecule has 176 valence electrons. The molecule has 1 amide bonds. The second-order valence-corrected chi connectivity index (χ2v) is 9.07. The van der Waals surface area contributed by atoms with Crippen LogP contribution in [0.5, 0.6) is 0 Å². The highest BCUT2D eigenvalue weighted by Crippen LogP contribution is 2.25. The van der Waals surface area contributed by atoms with E-state index >= 15 is 0 Å². The number of hydrogen-bond acceptors (Lipinski definition) is 6. The maximum atomic E-state index is 12.8. The number of rotatable bonds is 3. The summed E-state index contributed by atoms with van der Waals surface area (Å²) in [5, 5.41) is 6.99. The molecule has 0 spiro atoms. The van der Waals surface area contributed by atoms with Crippen LogP contribution in [0.25, 0.3) is 0 Å². The molecule has 7 heteroatoms. The average molecular weight is 457 g/mol. The van der Waals surface area contributed by atoms with E-state index in [0.29, 0.717) is 30.9 Å². The van der Waals surface area contributed by atoms with Gasteiger partial charge in [-0.1, -0.05) is 67.1 Å². The maximum Gasteiger partial charge on any atom is 0.256 e. The second kappa shape index (κ2) is 10.8. The van der Waals surface area contributed by atoms with E-state index in [9.17, 15) is 4.79 Å². The van der Waals surface area contributed by atoms with E-state index in [2.05, 4.69) is 45.8 Å². The minimum absolute atomic E-state index is 0.102. The fourth-order valence-electron chi connectivity index (χ4n) is 4.84. The van der Waals surface area contributed by atoms with Crippen molar-refractivity contribution in [2.24, 2.45) is 15.9 Å². The molecule has 0 bridgehead atoms. The molecular weight excluding hydrogens is 424 g/mol. The quantitative estimate of drug-likeness (QED) is 0.422. The number of para-hydroxylation sites is 1. The SMILES string of the molecule is O=C(NNC1=Nc2ccccc2C(c2ccccc2)=NC1)C1CNC(C2C=CCCCC2)CN1. The van der Waals surface area contributed by atoms with E-state index in [4.69, 9.17) is 9.98 Å². The molecule has 4 N–H and O–H groups in total. The molecular formula is C27H32N6O. The van der Waals surface area contributed by atoms with Crippen molar-refractivity contribution in [2.45, 2.75) is 37.8 Å². The summed E-state index contributed by atoms with van der Waals surface area (Å²) in [5.41, 5.74) is 9.61. The summed E-state index contributed by atoms with van der Waals surface area (Å²) in [6, 6.07) is 18.2. The Bertz CT molecular complexity index is 1090. The van der Waals surface area contributed by atoms with Gasteiger partial charge in [-0.15, -0.1) is 0 Å². The van der Waals surface area contributed by atoms with Gasteiger partial charge in [0.1, 0.15) is 11.9 Å². The summed E-state index contributed by atoms with van der Waals surface area (Å²) in [7, 11) is 0. The molecule has 2 heterocycles. The third-order valence-corrected chi connectivity index (χ3v) is 6.72. The zero-order chi connectivity index (χ0) is 23.2. The monoisotopic (exact) mass is 456 g/mol. The average Bonchev–Trinajstić information content (AvgIpc) is 3.27. The third-order valence-electron chi connectivity index (χ3n) is 6.72. The summed E-state index contributed by atoms with van der Waals surface area (Å²) in [6.45, 7) is 1.74. The van der Waals surface area contributed by atoms with E-state index < -0.39 is 0 Å². The van der Waals surface area contributed by atoms with Crippen LogP contribution < -0.4 is 21.5 Å². The van der Waals surface area contributed by atoms with Crippen molar-refractivity contribution < 1.29 is 4.79 Å². The Labute approximate surface area is 200 Å². The van der Waals surface area contributed by atoms with Gasteiger partial charge in [0.15, 0.2) is 0 Å². The van der Waals surface area contributed by atoms with E-state index in [1.807, 2.05) is 42.5 Å². The van der Waals surface area contributed by atoms with Crippen molar-refractivity contribution in [3.05, 3.63) is 77.9 Å². The molecule has 2 aliphatic heterocycles. The van der Waals surface area contributed by atoms with Crippen LogP contribution in [0.15, 0.2) is 76.7 Å². The number of carbonyl (C=O) groups is 1. The molecule has 0 aromatic heterocycles. The maximum absolute atomic E-state index is 12.8. The lowest BCUT2D eigenvalue weighted by molar-refractivity contribution is -0.124.